The standard InChI is InChI=1S/C25H18Br2Cl2N4O4S/c26-17-4-1-15(2-5-17)12-35-21-7-3-16(9-19(21)27)11-30-31-23(34)14-38-25-33-32-24(37-25)13-36-22-8-6-18(28)10-20(22)29/h1-11H,12-14H2,(H,31,34)/b30-11-. The highest BCUT2D eigenvalue weighted by molar-refractivity contribution is 9.10. The van der Waals surface area contributed by atoms with Gasteiger partial charge in [-0.2, -0.15) is 5.10 Å². The van der Waals surface area contributed by atoms with E-state index in [9.17, 15) is 4.79 Å². The molecule has 0 unspecified atom stereocenters. The minimum Gasteiger partial charge on any atom is -0.488 e. The van der Waals surface area contributed by atoms with E-state index in [1.165, 1.54) is 6.21 Å². The Labute approximate surface area is 249 Å². The first-order valence-electron chi connectivity index (χ1n) is 10.9. The summed E-state index contributed by atoms with van der Waals surface area (Å²) in [7, 11) is 0. The highest BCUT2D eigenvalue weighted by atomic mass is 79.9. The molecule has 0 spiro atoms. The number of hydrogen-bond donors (Lipinski definition) is 1. The van der Waals surface area contributed by atoms with Crippen LogP contribution in [0.3, 0.4) is 0 Å². The Kier molecular flexibility index (Phi) is 10.5. The molecular weight excluding hydrogens is 683 g/mol. The average Bonchev–Trinajstić information content (AvgIpc) is 3.35. The van der Waals surface area contributed by atoms with Crippen LogP contribution in [0, 0.1) is 0 Å². The second-order valence-corrected chi connectivity index (χ2v) is 11.1. The van der Waals surface area contributed by atoms with Gasteiger partial charge in [0.25, 0.3) is 17.0 Å². The zero-order valence-electron chi connectivity index (χ0n) is 19.4. The van der Waals surface area contributed by atoms with Crippen LogP contribution < -0.4 is 14.9 Å². The Morgan fingerprint density at radius 3 is 2.53 bits per heavy atom. The summed E-state index contributed by atoms with van der Waals surface area (Å²) in [5, 5.41) is 12.9. The van der Waals surface area contributed by atoms with Gasteiger partial charge >= 0.3 is 0 Å². The number of nitrogens with zero attached hydrogens (tertiary/aromatic N) is 3. The van der Waals surface area contributed by atoms with E-state index in [0.717, 1.165) is 31.8 Å². The maximum Gasteiger partial charge on any atom is 0.277 e. The number of benzene rings is 3. The van der Waals surface area contributed by atoms with Gasteiger partial charge in [-0.3, -0.25) is 4.79 Å². The Balaban J connectivity index is 1.19. The second kappa shape index (κ2) is 14.0. The minimum absolute atomic E-state index is 0.0228. The first-order chi connectivity index (χ1) is 18.4. The molecule has 0 radical (unpaired) electrons. The summed E-state index contributed by atoms with van der Waals surface area (Å²) in [6, 6.07) is 18.3. The fraction of sp³-hybridized carbons (Fsp3) is 0.120. The van der Waals surface area contributed by atoms with E-state index in [4.69, 9.17) is 37.1 Å². The SMILES string of the molecule is O=C(CSc1nnc(COc2ccc(Cl)cc2Cl)o1)N/N=C\c1ccc(OCc2ccc(Br)cc2)c(Br)c1. The lowest BCUT2D eigenvalue weighted by molar-refractivity contribution is -0.118. The molecule has 0 bridgehead atoms. The number of nitrogens with one attached hydrogen (secondary N) is 1. The number of hydrogen-bond acceptors (Lipinski definition) is 8. The Hall–Kier alpha value is -2.57. The lowest BCUT2D eigenvalue weighted by Crippen LogP contribution is -2.19. The quantitative estimate of drug-likeness (QED) is 0.0996. The Morgan fingerprint density at radius 2 is 1.76 bits per heavy atom. The van der Waals surface area contributed by atoms with Crippen LogP contribution in [0.4, 0.5) is 0 Å². The molecular formula is C25H18Br2Cl2N4O4S. The van der Waals surface area contributed by atoms with E-state index in [0.29, 0.717) is 28.2 Å². The van der Waals surface area contributed by atoms with Gasteiger partial charge < -0.3 is 13.9 Å². The molecule has 3 aromatic carbocycles. The number of aromatic nitrogens is 2. The van der Waals surface area contributed by atoms with Gasteiger partial charge in [0.2, 0.25) is 0 Å². The number of rotatable bonds is 11. The third-order valence-electron chi connectivity index (χ3n) is 4.69. The molecule has 0 saturated carbocycles. The predicted octanol–water partition coefficient (Wildman–Crippen LogP) is 7.30. The van der Waals surface area contributed by atoms with E-state index < -0.39 is 0 Å². The number of thioether (sulfide) groups is 1. The summed E-state index contributed by atoms with van der Waals surface area (Å²) in [5.41, 5.74) is 4.31. The fourth-order valence-electron chi connectivity index (χ4n) is 2.88. The van der Waals surface area contributed by atoms with E-state index >= 15 is 0 Å². The molecule has 1 heterocycles. The second-order valence-electron chi connectivity index (χ2n) is 7.51. The van der Waals surface area contributed by atoms with Crippen LogP contribution in [0.15, 0.2) is 84.4 Å². The first kappa shape index (κ1) is 28.4. The van der Waals surface area contributed by atoms with Gasteiger partial charge in [0.1, 0.15) is 18.1 Å². The monoisotopic (exact) mass is 698 g/mol. The number of halogens is 4. The third kappa shape index (κ3) is 8.74. The average molecular weight is 701 g/mol. The molecule has 1 aromatic heterocycles. The van der Waals surface area contributed by atoms with Crippen molar-refractivity contribution < 1.29 is 18.7 Å². The fourth-order valence-corrected chi connectivity index (χ4v) is 4.69. The van der Waals surface area contributed by atoms with Crippen molar-refractivity contribution in [3.8, 4) is 11.5 Å². The molecule has 196 valence electrons. The topological polar surface area (TPSA) is 98.8 Å². The van der Waals surface area contributed by atoms with Crippen LogP contribution in [0.5, 0.6) is 11.5 Å². The largest absolute Gasteiger partial charge is 0.488 e. The van der Waals surface area contributed by atoms with E-state index in [2.05, 4.69) is 52.6 Å². The van der Waals surface area contributed by atoms with Crippen molar-refractivity contribution in [1.82, 2.24) is 15.6 Å². The number of ether oxygens (including phenoxy) is 2. The molecule has 8 nitrogen and oxygen atoms in total. The van der Waals surface area contributed by atoms with E-state index in [1.807, 2.05) is 42.5 Å². The van der Waals surface area contributed by atoms with Crippen LogP contribution in [-0.2, 0) is 18.0 Å². The molecule has 4 rings (SSSR count). The molecule has 0 aliphatic rings. The summed E-state index contributed by atoms with van der Waals surface area (Å²) in [6.07, 6.45) is 1.54. The Bertz CT molecular complexity index is 1440. The lowest BCUT2D eigenvalue weighted by atomic mass is 10.2. The molecule has 1 N–H and O–H groups in total. The van der Waals surface area contributed by atoms with Crippen molar-refractivity contribution in [1.29, 1.82) is 0 Å². The highest BCUT2D eigenvalue weighted by Crippen LogP contribution is 2.29. The van der Waals surface area contributed by atoms with Gasteiger partial charge in [-0.15, -0.1) is 10.2 Å². The maximum absolute atomic E-state index is 12.1. The summed E-state index contributed by atoms with van der Waals surface area (Å²) in [5.74, 6) is 1.09. The molecule has 0 aliphatic carbocycles. The molecule has 38 heavy (non-hydrogen) atoms. The molecule has 1 amide bonds. The predicted molar refractivity (Wildman–Crippen MR) is 154 cm³/mol. The minimum atomic E-state index is -0.330. The molecule has 0 saturated heterocycles. The summed E-state index contributed by atoms with van der Waals surface area (Å²) >= 11 is 19.9. The van der Waals surface area contributed by atoms with Crippen molar-refractivity contribution in [3.05, 3.63) is 96.7 Å². The van der Waals surface area contributed by atoms with Crippen molar-refractivity contribution in [2.75, 3.05) is 5.75 Å². The van der Waals surface area contributed by atoms with Crippen LogP contribution in [-0.4, -0.2) is 28.1 Å². The van der Waals surface area contributed by atoms with Crippen molar-refractivity contribution >= 4 is 78.9 Å². The summed E-state index contributed by atoms with van der Waals surface area (Å²) < 4.78 is 18.7. The van der Waals surface area contributed by atoms with Crippen LogP contribution in [0.25, 0.3) is 0 Å². The third-order valence-corrected chi connectivity index (χ3v) is 7.18. The molecule has 0 fully saturated rings. The van der Waals surface area contributed by atoms with Crippen LogP contribution in [0.2, 0.25) is 10.0 Å². The number of carbonyl (C=O) groups is 1. The summed E-state index contributed by atoms with van der Waals surface area (Å²) in [6.45, 7) is 0.466. The number of carbonyl (C=O) groups excluding carboxylic acids is 1. The number of hydrazone groups is 1. The highest BCUT2D eigenvalue weighted by Gasteiger charge is 2.11. The van der Waals surface area contributed by atoms with Gasteiger partial charge in [-0.05, 0) is 75.6 Å². The maximum atomic E-state index is 12.1. The van der Waals surface area contributed by atoms with Crippen molar-refractivity contribution in [2.45, 2.75) is 18.4 Å². The van der Waals surface area contributed by atoms with E-state index in [-0.39, 0.29) is 29.4 Å². The lowest BCUT2D eigenvalue weighted by Gasteiger charge is -2.09. The normalized spacial score (nSPS) is 11.1. The van der Waals surface area contributed by atoms with E-state index in [1.54, 1.807) is 18.2 Å². The smallest absolute Gasteiger partial charge is 0.277 e. The van der Waals surface area contributed by atoms with Gasteiger partial charge in [-0.25, -0.2) is 5.43 Å². The van der Waals surface area contributed by atoms with Crippen molar-refractivity contribution in [2.24, 2.45) is 5.10 Å². The van der Waals surface area contributed by atoms with Gasteiger partial charge in [0, 0.05) is 9.50 Å². The van der Waals surface area contributed by atoms with Crippen LogP contribution in [0.1, 0.15) is 17.0 Å². The summed E-state index contributed by atoms with van der Waals surface area (Å²) in [4.78, 5) is 12.1. The Morgan fingerprint density at radius 1 is 1.00 bits per heavy atom. The molecule has 0 aliphatic heterocycles. The van der Waals surface area contributed by atoms with Crippen LogP contribution >= 0.6 is 66.8 Å². The van der Waals surface area contributed by atoms with Gasteiger partial charge in [0.05, 0.1) is 21.5 Å². The zero-order chi connectivity index (χ0) is 26.9. The van der Waals surface area contributed by atoms with Gasteiger partial charge in [-0.1, -0.05) is 63.0 Å². The first-order valence-corrected chi connectivity index (χ1v) is 14.2. The zero-order valence-corrected chi connectivity index (χ0v) is 24.9. The molecule has 13 heteroatoms. The van der Waals surface area contributed by atoms with Gasteiger partial charge in [0.15, 0.2) is 6.61 Å². The molecule has 0 atom stereocenters. The number of amides is 1. The van der Waals surface area contributed by atoms with Crippen molar-refractivity contribution in [3.63, 3.8) is 0 Å². The molecule has 4 aromatic rings.